The van der Waals surface area contributed by atoms with Gasteiger partial charge in [0, 0.05) is 22.9 Å². The third-order valence-electron chi connectivity index (χ3n) is 5.66. The molecular weight excluding hydrogens is 454 g/mol. The first-order valence-electron chi connectivity index (χ1n) is 12.2. The standard InChI is InChI=1S/C24H25N5O3.2C2H6/c1-7-8-9-25-13(2)15(4)29-23-17-11-21(31-6)18(22-14(3)28-32-16(22)5)10-19(17)26-12-20(23)27-24(29)30;2*1-2/h7-12,15H,1H2,2-6H3,(H,27,30);2*1-2H3/b9-8-,25-13?;;. The Morgan fingerprint density at radius 1 is 1.25 bits per heavy atom. The summed E-state index contributed by atoms with van der Waals surface area (Å²) < 4.78 is 12.8. The van der Waals surface area contributed by atoms with E-state index in [4.69, 9.17) is 9.26 Å². The molecule has 8 nitrogen and oxygen atoms in total. The van der Waals surface area contributed by atoms with Gasteiger partial charge in [-0.3, -0.25) is 14.5 Å². The van der Waals surface area contributed by atoms with Gasteiger partial charge in [0.25, 0.3) is 0 Å². The summed E-state index contributed by atoms with van der Waals surface area (Å²) in [7, 11) is 1.62. The molecule has 0 aliphatic rings. The van der Waals surface area contributed by atoms with Crippen molar-refractivity contribution in [1.29, 1.82) is 0 Å². The number of hydrogen-bond donors (Lipinski definition) is 1. The Morgan fingerprint density at radius 2 is 1.94 bits per heavy atom. The third kappa shape index (κ3) is 5.32. The molecule has 192 valence electrons. The molecule has 0 spiro atoms. The number of allylic oxidation sites excluding steroid dienone is 2. The molecule has 0 fully saturated rings. The van der Waals surface area contributed by atoms with Crippen LogP contribution >= 0.6 is 0 Å². The van der Waals surface area contributed by atoms with Crippen molar-refractivity contribution >= 4 is 27.6 Å². The van der Waals surface area contributed by atoms with E-state index in [-0.39, 0.29) is 11.7 Å². The highest BCUT2D eigenvalue weighted by Crippen LogP contribution is 2.38. The SMILES string of the molecule is C=C/C=C\N=C(C)C(C)n1c(=O)[nH]c2cnc3cc(-c4c(C)noc4C)c(OC)cc3c21.CC.CC. The van der Waals surface area contributed by atoms with E-state index in [9.17, 15) is 4.79 Å². The first kappa shape index (κ1) is 28.3. The highest BCUT2D eigenvalue weighted by Gasteiger charge is 2.21. The Morgan fingerprint density at radius 3 is 2.53 bits per heavy atom. The highest BCUT2D eigenvalue weighted by atomic mass is 16.5. The van der Waals surface area contributed by atoms with Crippen LogP contribution in [0.15, 0.2) is 57.6 Å². The van der Waals surface area contributed by atoms with E-state index in [0.29, 0.717) is 17.0 Å². The number of H-pyrrole nitrogens is 1. The Balaban J connectivity index is 0.00000109. The van der Waals surface area contributed by atoms with Gasteiger partial charge in [-0.2, -0.15) is 0 Å². The molecule has 0 radical (unpaired) electrons. The molecule has 3 aromatic heterocycles. The molecule has 3 heterocycles. The van der Waals surface area contributed by atoms with Crippen LogP contribution in [0.1, 0.15) is 59.0 Å². The van der Waals surface area contributed by atoms with Crippen LogP contribution < -0.4 is 10.4 Å². The van der Waals surface area contributed by atoms with E-state index >= 15 is 0 Å². The molecule has 0 aliphatic heterocycles. The second kappa shape index (κ2) is 12.7. The van der Waals surface area contributed by atoms with Crippen molar-refractivity contribution in [3.8, 4) is 16.9 Å². The second-order valence-corrected chi connectivity index (χ2v) is 7.61. The molecule has 0 amide bonds. The number of fused-ring (bicyclic) bond motifs is 3. The molecule has 8 heteroatoms. The zero-order chi connectivity index (χ0) is 27.0. The van der Waals surface area contributed by atoms with Gasteiger partial charge >= 0.3 is 5.69 Å². The van der Waals surface area contributed by atoms with Crippen molar-refractivity contribution in [2.24, 2.45) is 4.99 Å². The summed E-state index contributed by atoms with van der Waals surface area (Å²) >= 11 is 0. The van der Waals surface area contributed by atoms with Crippen molar-refractivity contribution in [3.05, 3.63) is 65.2 Å². The minimum absolute atomic E-state index is 0.224. The summed E-state index contributed by atoms with van der Waals surface area (Å²) in [6.45, 7) is 19.2. The van der Waals surface area contributed by atoms with E-state index in [0.717, 1.165) is 39.0 Å². The molecule has 4 aromatic rings. The largest absolute Gasteiger partial charge is 0.496 e. The van der Waals surface area contributed by atoms with Gasteiger partial charge < -0.3 is 14.2 Å². The van der Waals surface area contributed by atoms with Crippen LogP contribution in [0.3, 0.4) is 0 Å². The number of imidazole rings is 1. The maximum absolute atomic E-state index is 12.9. The fraction of sp³-hybridized carbons (Fsp3) is 0.357. The summed E-state index contributed by atoms with van der Waals surface area (Å²) in [4.78, 5) is 24.8. The fourth-order valence-corrected chi connectivity index (χ4v) is 3.95. The van der Waals surface area contributed by atoms with Gasteiger partial charge in [0.2, 0.25) is 0 Å². The predicted octanol–water partition coefficient (Wildman–Crippen LogP) is 6.93. The number of aryl methyl sites for hydroxylation is 2. The van der Waals surface area contributed by atoms with E-state index in [1.54, 1.807) is 36.2 Å². The van der Waals surface area contributed by atoms with Crippen LogP contribution in [0.5, 0.6) is 5.75 Å². The molecule has 36 heavy (non-hydrogen) atoms. The van der Waals surface area contributed by atoms with Gasteiger partial charge in [-0.05, 0) is 45.9 Å². The van der Waals surface area contributed by atoms with Gasteiger partial charge in [-0.1, -0.05) is 45.5 Å². The smallest absolute Gasteiger partial charge is 0.327 e. The minimum Gasteiger partial charge on any atom is -0.496 e. The van der Waals surface area contributed by atoms with Crippen LogP contribution in [0.4, 0.5) is 0 Å². The number of rotatable bonds is 6. The summed E-state index contributed by atoms with van der Waals surface area (Å²) in [5, 5.41) is 4.86. The Hall–Kier alpha value is -3.94. The van der Waals surface area contributed by atoms with Crippen molar-refractivity contribution in [2.45, 2.75) is 61.4 Å². The molecule has 0 aliphatic carbocycles. The molecular formula is C28H37N5O3. The second-order valence-electron chi connectivity index (χ2n) is 7.61. The number of methoxy groups -OCH3 is 1. The Kier molecular flexibility index (Phi) is 9.96. The number of nitrogens with zero attached hydrogens (tertiary/aromatic N) is 4. The molecule has 1 atom stereocenters. The Labute approximate surface area is 212 Å². The molecule has 0 bridgehead atoms. The lowest BCUT2D eigenvalue weighted by Crippen LogP contribution is -2.24. The van der Waals surface area contributed by atoms with E-state index < -0.39 is 0 Å². The quantitative estimate of drug-likeness (QED) is 0.233. The molecule has 1 aromatic carbocycles. The van der Waals surface area contributed by atoms with Gasteiger partial charge in [-0.15, -0.1) is 0 Å². The summed E-state index contributed by atoms with van der Waals surface area (Å²) in [5.74, 6) is 1.35. The number of aromatic amines is 1. The lowest BCUT2D eigenvalue weighted by molar-refractivity contribution is 0.393. The first-order valence-corrected chi connectivity index (χ1v) is 12.2. The number of aliphatic imine (C=N–C) groups is 1. The molecule has 1 unspecified atom stereocenters. The van der Waals surface area contributed by atoms with Crippen LogP contribution in [0, 0.1) is 13.8 Å². The maximum atomic E-state index is 12.9. The summed E-state index contributed by atoms with van der Waals surface area (Å²) in [6, 6.07) is 3.58. The van der Waals surface area contributed by atoms with Crippen molar-refractivity contribution in [2.75, 3.05) is 7.11 Å². The van der Waals surface area contributed by atoms with Crippen molar-refractivity contribution < 1.29 is 9.26 Å². The highest BCUT2D eigenvalue weighted by molar-refractivity contribution is 6.05. The van der Waals surface area contributed by atoms with E-state index in [1.807, 2.05) is 67.5 Å². The number of benzene rings is 1. The average molecular weight is 492 g/mol. The topological polar surface area (TPSA) is 98.3 Å². The first-order chi connectivity index (χ1) is 17.4. The number of pyridine rings is 1. The fourth-order valence-electron chi connectivity index (χ4n) is 3.95. The monoisotopic (exact) mass is 491 g/mol. The normalized spacial score (nSPS) is 12.2. The van der Waals surface area contributed by atoms with Gasteiger partial charge in [-0.25, -0.2) is 4.79 Å². The minimum atomic E-state index is -0.274. The van der Waals surface area contributed by atoms with Gasteiger partial charge in [0.1, 0.15) is 11.5 Å². The van der Waals surface area contributed by atoms with Gasteiger partial charge in [0.05, 0.1) is 47.2 Å². The number of ether oxygens (including phenoxy) is 1. The molecule has 1 N–H and O–H groups in total. The molecule has 4 rings (SSSR count). The predicted molar refractivity (Wildman–Crippen MR) is 149 cm³/mol. The van der Waals surface area contributed by atoms with Crippen molar-refractivity contribution in [1.82, 2.24) is 19.7 Å². The van der Waals surface area contributed by atoms with Crippen LogP contribution in [0.2, 0.25) is 0 Å². The zero-order valence-corrected chi connectivity index (χ0v) is 22.8. The number of nitrogens with one attached hydrogen (secondary N) is 1. The Bertz CT molecular complexity index is 1430. The maximum Gasteiger partial charge on any atom is 0.327 e. The molecule has 0 saturated carbocycles. The third-order valence-corrected chi connectivity index (χ3v) is 5.66. The lowest BCUT2D eigenvalue weighted by atomic mass is 10.0. The summed E-state index contributed by atoms with van der Waals surface area (Å²) in [6.07, 6.45) is 6.74. The number of aromatic nitrogens is 4. The average Bonchev–Trinajstić information content (AvgIpc) is 3.42. The van der Waals surface area contributed by atoms with Crippen LogP contribution in [-0.4, -0.2) is 32.5 Å². The van der Waals surface area contributed by atoms with Crippen molar-refractivity contribution in [3.63, 3.8) is 0 Å². The lowest BCUT2D eigenvalue weighted by Gasteiger charge is -2.15. The number of hydrogen-bond acceptors (Lipinski definition) is 6. The zero-order valence-electron chi connectivity index (χ0n) is 22.8. The molecule has 0 saturated heterocycles. The van der Waals surface area contributed by atoms with E-state index in [2.05, 4.69) is 26.7 Å². The summed E-state index contributed by atoms with van der Waals surface area (Å²) in [5.41, 5.74) is 5.18. The van der Waals surface area contributed by atoms with Crippen LogP contribution in [0.25, 0.3) is 33.1 Å². The van der Waals surface area contributed by atoms with Crippen LogP contribution in [-0.2, 0) is 0 Å². The van der Waals surface area contributed by atoms with E-state index in [1.165, 1.54) is 0 Å². The van der Waals surface area contributed by atoms with Gasteiger partial charge in [0.15, 0.2) is 0 Å².